The molecule has 0 saturated carbocycles. The lowest BCUT2D eigenvalue weighted by Crippen LogP contribution is -2.08. The van der Waals surface area contributed by atoms with Crippen molar-refractivity contribution in [1.82, 2.24) is 0 Å². The molecule has 0 aromatic heterocycles. The van der Waals surface area contributed by atoms with Gasteiger partial charge in [0.25, 0.3) is 0 Å². The number of esters is 1. The van der Waals surface area contributed by atoms with E-state index in [1.807, 2.05) is 13.8 Å². The average Bonchev–Trinajstić information content (AvgIpc) is 2.26. The van der Waals surface area contributed by atoms with E-state index in [1.54, 1.807) is 13.0 Å². The topological polar surface area (TPSA) is 35.5 Å². The molecule has 0 amide bonds. The summed E-state index contributed by atoms with van der Waals surface area (Å²) < 4.78 is 10.2. The highest BCUT2D eigenvalue weighted by Crippen LogP contribution is 2.32. The van der Waals surface area contributed by atoms with Crippen LogP contribution in [0.4, 0.5) is 0 Å². The Kier molecular flexibility index (Phi) is 4.19. The summed E-state index contributed by atoms with van der Waals surface area (Å²) in [5.41, 5.74) is 2.14. The van der Waals surface area contributed by atoms with Gasteiger partial charge in [-0.05, 0) is 38.0 Å². The second-order valence-corrected chi connectivity index (χ2v) is 3.82. The number of carbonyl (C=O) groups is 1. The standard InChI is InChI=1S/C12H15ClO3/c1-5-16-12(14)9-6-10(13)7(2)8(3)11(9)15-4/h6H,5H2,1-4H3. The van der Waals surface area contributed by atoms with Gasteiger partial charge in [-0.25, -0.2) is 4.79 Å². The molecule has 0 radical (unpaired) electrons. The summed E-state index contributed by atoms with van der Waals surface area (Å²) in [6.07, 6.45) is 0. The van der Waals surface area contributed by atoms with E-state index in [-0.39, 0.29) is 0 Å². The van der Waals surface area contributed by atoms with Crippen LogP contribution in [0.2, 0.25) is 5.02 Å². The molecule has 0 bridgehead atoms. The third-order valence-electron chi connectivity index (χ3n) is 2.48. The highest BCUT2D eigenvalue weighted by atomic mass is 35.5. The molecule has 0 atom stereocenters. The van der Waals surface area contributed by atoms with Crippen molar-refractivity contribution in [3.8, 4) is 5.75 Å². The lowest BCUT2D eigenvalue weighted by molar-refractivity contribution is 0.0522. The van der Waals surface area contributed by atoms with Crippen LogP contribution in [-0.4, -0.2) is 19.7 Å². The van der Waals surface area contributed by atoms with Crippen LogP contribution in [0, 0.1) is 13.8 Å². The van der Waals surface area contributed by atoms with Gasteiger partial charge in [0, 0.05) is 5.02 Å². The Hall–Kier alpha value is -1.22. The predicted molar refractivity (Wildman–Crippen MR) is 63.4 cm³/mol. The molecule has 1 aromatic carbocycles. The molecule has 0 unspecified atom stereocenters. The lowest BCUT2D eigenvalue weighted by atomic mass is 10.0. The first-order chi connectivity index (χ1) is 7.52. The highest BCUT2D eigenvalue weighted by Gasteiger charge is 2.18. The van der Waals surface area contributed by atoms with Gasteiger partial charge in [-0.15, -0.1) is 0 Å². The number of ether oxygens (including phenoxy) is 2. The molecule has 0 N–H and O–H groups in total. The highest BCUT2D eigenvalue weighted by molar-refractivity contribution is 6.32. The summed E-state index contributed by atoms with van der Waals surface area (Å²) >= 11 is 6.03. The van der Waals surface area contributed by atoms with Crippen LogP contribution >= 0.6 is 11.6 Å². The third kappa shape index (κ3) is 2.30. The fourth-order valence-corrected chi connectivity index (χ4v) is 1.73. The van der Waals surface area contributed by atoms with Gasteiger partial charge < -0.3 is 9.47 Å². The largest absolute Gasteiger partial charge is 0.496 e. The summed E-state index contributed by atoms with van der Waals surface area (Å²) in [7, 11) is 1.53. The zero-order chi connectivity index (χ0) is 12.3. The number of hydrogen-bond donors (Lipinski definition) is 0. The molecular weight excluding hydrogens is 228 g/mol. The van der Waals surface area contributed by atoms with E-state index in [4.69, 9.17) is 21.1 Å². The molecule has 0 saturated heterocycles. The maximum Gasteiger partial charge on any atom is 0.341 e. The van der Waals surface area contributed by atoms with Gasteiger partial charge in [-0.3, -0.25) is 0 Å². The van der Waals surface area contributed by atoms with Crippen molar-refractivity contribution >= 4 is 17.6 Å². The van der Waals surface area contributed by atoms with Crippen LogP contribution in [0.5, 0.6) is 5.75 Å². The van der Waals surface area contributed by atoms with Crippen molar-refractivity contribution in [3.63, 3.8) is 0 Å². The summed E-state index contributed by atoms with van der Waals surface area (Å²) in [6, 6.07) is 1.58. The first-order valence-corrected chi connectivity index (χ1v) is 5.41. The van der Waals surface area contributed by atoms with Crippen LogP contribution in [0.3, 0.4) is 0 Å². The van der Waals surface area contributed by atoms with Crippen LogP contribution in [0.25, 0.3) is 0 Å². The van der Waals surface area contributed by atoms with Crippen LogP contribution in [0.1, 0.15) is 28.4 Å². The van der Waals surface area contributed by atoms with E-state index < -0.39 is 5.97 Å². The summed E-state index contributed by atoms with van der Waals surface area (Å²) in [6.45, 7) is 5.83. The zero-order valence-electron chi connectivity index (χ0n) is 9.89. The Morgan fingerprint density at radius 3 is 2.50 bits per heavy atom. The van der Waals surface area contributed by atoms with Crippen LogP contribution in [0.15, 0.2) is 6.07 Å². The number of methoxy groups -OCH3 is 1. The van der Waals surface area contributed by atoms with Gasteiger partial charge >= 0.3 is 5.97 Å². The zero-order valence-corrected chi connectivity index (χ0v) is 10.6. The van der Waals surface area contributed by atoms with E-state index >= 15 is 0 Å². The molecule has 0 aliphatic heterocycles. The van der Waals surface area contributed by atoms with Gasteiger partial charge in [0.15, 0.2) is 0 Å². The average molecular weight is 243 g/mol. The van der Waals surface area contributed by atoms with E-state index in [1.165, 1.54) is 7.11 Å². The van der Waals surface area contributed by atoms with Gasteiger partial charge in [0.2, 0.25) is 0 Å². The lowest BCUT2D eigenvalue weighted by Gasteiger charge is -2.13. The molecule has 0 aliphatic rings. The van der Waals surface area contributed by atoms with Gasteiger partial charge in [0.1, 0.15) is 11.3 Å². The van der Waals surface area contributed by atoms with Crippen molar-refractivity contribution in [2.75, 3.05) is 13.7 Å². The number of hydrogen-bond acceptors (Lipinski definition) is 3. The van der Waals surface area contributed by atoms with E-state index in [0.29, 0.717) is 22.9 Å². The molecule has 3 nitrogen and oxygen atoms in total. The minimum atomic E-state index is -0.413. The molecule has 0 fully saturated rings. The van der Waals surface area contributed by atoms with Crippen LogP contribution in [-0.2, 0) is 4.74 Å². The van der Waals surface area contributed by atoms with Crippen molar-refractivity contribution in [3.05, 3.63) is 27.8 Å². The minimum Gasteiger partial charge on any atom is -0.496 e. The summed E-state index contributed by atoms with van der Waals surface area (Å²) in [5.74, 6) is 0.115. The Labute approximate surface area is 100 Å². The number of carbonyl (C=O) groups excluding carboxylic acids is 1. The molecule has 4 heteroatoms. The molecule has 16 heavy (non-hydrogen) atoms. The van der Waals surface area contributed by atoms with Gasteiger partial charge in [-0.1, -0.05) is 11.6 Å². The van der Waals surface area contributed by atoms with E-state index in [2.05, 4.69) is 0 Å². The SMILES string of the molecule is CCOC(=O)c1cc(Cl)c(C)c(C)c1OC. The quantitative estimate of drug-likeness (QED) is 0.764. The number of benzene rings is 1. The molecule has 1 rings (SSSR count). The van der Waals surface area contributed by atoms with Crippen molar-refractivity contribution in [1.29, 1.82) is 0 Å². The maximum absolute atomic E-state index is 11.7. The first-order valence-electron chi connectivity index (χ1n) is 5.03. The summed E-state index contributed by atoms with van der Waals surface area (Å²) in [4.78, 5) is 11.7. The Balaban J connectivity index is 3.33. The van der Waals surface area contributed by atoms with Gasteiger partial charge in [-0.2, -0.15) is 0 Å². The normalized spacial score (nSPS) is 10.1. The molecular formula is C12H15ClO3. The second-order valence-electron chi connectivity index (χ2n) is 3.41. The number of halogens is 1. The number of rotatable bonds is 3. The Morgan fingerprint density at radius 2 is 2.00 bits per heavy atom. The Bertz CT molecular complexity index is 413. The predicted octanol–water partition coefficient (Wildman–Crippen LogP) is 3.14. The maximum atomic E-state index is 11.7. The van der Waals surface area contributed by atoms with Crippen molar-refractivity contribution in [2.45, 2.75) is 20.8 Å². The molecule has 0 aliphatic carbocycles. The molecule has 0 spiro atoms. The van der Waals surface area contributed by atoms with Gasteiger partial charge in [0.05, 0.1) is 13.7 Å². The summed E-state index contributed by atoms with van der Waals surface area (Å²) in [5, 5.41) is 0.543. The smallest absolute Gasteiger partial charge is 0.341 e. The molecule has 1 aromatic rings. The Morgan fingerprint density at radius 1 is 1.38 bits per heavy atom. The second kappa shape index (κ2) is 5.21. The minimum absolute atomic E-state index is 0.326. The fraction of sp³-hybridized carbons (Fsp3) is 0.417. The van der Waals surface area contributed by atoms with E-state index in [9.17, 15) is 4.79 Å². The fourth-order valence-electron chi connectivity index (χ4n) is 1.48. The van der Waals surface area contributed by atoms with Crippen molar-refractivity contribution < 1.29 is 14.3 Å². The molecule has 0 heterocycles. The van der Waals surface area contributed by atoms with Crippen LogP contribution < -0.4 is 4.74 Å². The van der Waals surface area contributed by atoms with E-state index in [0.717, 1.165) is 11.1 Å². The first kappa shape index (κ1) is 12.8. The molecule has 88 valence electrons. The monoisotopic (exact) mass is 242 g/mol. The third-order valence-corrected chi connectivity index (χ3v) is 2.87. The van der Waals surface area contributed by atoms with Crippen molar-refractivity contribution in [2.24, 2.45) is 0 Å².